The zero-order valence-corrected chi connectivity index (χ0v) is 17.0. The van der Waals surface area contributed by atoms with Gasteiger partial charge in [0, 0.05) is 0 Å². The summed E-state index contributed by atoms with van der Waals surface area (Å²) in [6, 6.07) is 0.267. The number of hydrogen-bond acceptors (Lipinski definition) is 7. The molecule has 3 heterocycles. The fraction of sp³-hybridized carbons (Fsp3) is 0.632. The molecule has 2 aromatic rings. The molecule has 1 saturated heterocycles. The quantitative estimate of drug-likeness (QED) is 0.537. The predicted molar refractivity (Wildman–Crippen MR) is 111 cm³/mol. The lowest BCUT2D eigenvalue weighted by Crippen LogP contribution is -2.45. The van der Waals surface area contributed by atoms with Crippen LogP contribution in [-0.4, -0.2) is 32.7 Å². The molecule has 1 aliphatic carbocycles. The molecule has 0 spiro atoms. The fourth-order valence-corrected chi connectivity index (χ4v) is 4.12. The SMILES string of the molecule is [C-]#[N+]c1c(C)nn(C2CCCCC2)c1N=Nc1c(C)nn(C2NCCCN2)c1N. The molecule has 0 unspecified atom stereocenters. The number of nitrogen functional groups attached to an aromatic ring is 1. The van der Waals surface area contributed by atoms with Crippen molar-refractivity contribution in [2.24, 2.45) is 10.2 Å². The number of nitrogens with two attached hydrogens (primary N) is 1. The number of nitrogens with one attached hydrogen (secondary N) is 2. The molecule has 1 aliphatic heterocycles. The lowest BCUT2D eigenvalue weighted by Gasteiger charge is -2.25. The van der Waals surface area contributed by atoms with Gasteiger partial charge in [-0.05, 0) is 46.2 Å². The highest BCUT2D eigenvalue weighted by Crippen LogP contribution is 2.40. The van der Waals surface area contributed by atoms with E-state index in [1.54, 1.807) is 4.68 Å². The second-order valence-electron chi connectivity index (χ2n) is 7.73. The maximum Gasteiger partial charge on any atom is 0.254 e. The number of hydrogen-bond donors (Lipinski definition) is 3. The van der Waals surface area contributed by atoms with Crippen molar-refractivity contribution in [3.05, 3.63) is 22.8 Å². The maximum atomic E-state index is 7.57. The van der Waals surface area contributed by atoms with E-state index in [1.807, 2.05) is 18.5 Å². The molecule has 2 aromatic heterocycles. The first-order valence-electron chi connectivity index (χ1n) is 10.3. The molecule has 10 heteroatoms. The highest BCUT2D eigenvalue weighted by Gasteiger charge is 2.25. The largest absolute Gasteiger partial charge is 0.382 e. The second kappa shape index (κ2) is 8.31. The first kappa shape index (κ1) is 19.5. The molecule has 29 heavy (non-hydrogen) atoms. The average Bonchev–Trinajstić information content (AvgIpc) is 3.23. The van der Waals surface area contributed by atoms with Gasteiger partial charge in [0.2, 0.25) is 0 Å². The lowest BCUT2D eigenvalue weighted by atomic mass is 9.96. The standard InChI is InChI=1S/C19H28N10/c1-12-15(17(20)29(27-12)19-22-10-7-11-23-19)24-25-18-16(21-3)13(2)26-28(18)14-8-5-4-6-9-14/h14,19,22-23H,4-11,20H2,1-2H3. The Morgan fingerprint density at radius 3 is 2.38 bits per heavy atom. The van der Waals surface area contributed by atoms with E-state index in [0.29, 0.717) is 34.4 Å². The first-order valence-corrected chi connectivity index (χ1v) is 10.3. The van der Waals surface area contributed by atoms with E-state index in [2.05, 4.69) is 35.9 Å². The minimum absolute atomic E-state index is 0.153. The van der Waals surface area contributed by atoms with Gasteiger partial charge in [0.1, 0.15) is 0 Å². The first-order chi connectivity index (χ1) is 14.1. The van der Waals surface area contributed by atoms with Crippen molar-refractivity contribution in [3.8, 4) is 0 Å². The summed E-state index contributed by atoms with van der Waals surface area (Å²) in [4.78, 5) is 3.66. The predicted octanol–water partition coefficient (Wildman–Crippen LogP) is 3.79. The molecule has 2 fully saturated rings. The zero-order valence-electron chi connectivity index (χ0n) is 17.0. The molecular weight excluding hydrogens is 368 g/mol. The summed E-state index contributed by atoms with van der Waals surface area (Å²) < 4.78 is 3.61. The van der Waals surface area contributed by atoms with Crippen LogP contribution in [0.5, 0.6) is 0 Å². The number of anilines is 1. The summed E-state index contributed by atoms with van der Waals surface area (Å²) in [6.45, 7) is 13.1. The Balaban J connectivity index is 1.67. The Labute approximate surface area is 170 Å². The van der Waals surface area contributed by atoms with Gasteiger partial charge < -0.3 is 5.73 Å². The zero-order chi connectivity index (χ0) is 20.4. The van der Waals surface area contributed by atoms with E-state index in [0.717, 1.165) is 32.4 Å². The highest BCUT2D eigenvalue weighted by atomic mass is 15.5. The molecule has 0 atom stereocenters. The van der Waals surface area contributed by atoms with Gasteiger partial charge in [-0.25, -0.2) is 9.53 Å². The van der Waals surface area contributed by atoms with Crippen molar-refractivity contribution in [1.82, 2.24) is 30.2 Å². The molecule has 10 nitrogen and oxygen atoms in total. The van der Waals surface area contributed by atoms with Crippen LogP contribution in [0.4, 0.5) is 23.0 Å². The Bertz CT molecular complexity index is 935. The molecule has 4 N–H and O–H groups in total. The van der Waals surface area contributed by atoms with Gasteiger partial charge in [-0.3, -0.25) is 15.3 Å². The topological polar surface area (TPSA) is 115 Å². The van der Waals surface area contributed by atoms with Crippen molar-refractivity contribution in [2.45, 2.75) is 64.7 Å². The van der Waals surface area contributed by atoms with Gasteiger partial charge in [-0.1, -0.05) is 19.3 Å². The fourth-order valence-electron chi connectivity index (χ4n) is 4.12. The van der Waals surface area contributed by atoms with Crippen LogP contribution in [0.3, 0.4) is 0 Å². The number of azo groups is 1. The van der Waals surface area contributed by atoms with Gasteiger partial charge in [0.15, 0.2) is 23.6 Å². The van der Waals surface area contributed by atoms with Crippen LogP contribution in [0, 0.1) is 20.4 Å². The Morgan fingerprint density at radius 1 is 1.00 bits per heavy atom. The second-order valence-corrected chi connectivity index (χ2v) is 7.73. The van der Waals surface area contributed by atoms with Gasteiger partial charge in [-0.2, -0.15) is 10.2 Å². The van der Waals surface area contributed by atoms with E-state index < -0.39 is 0 Å². The number of aryl methyl sites for hydroxylation is 2. The molecule has 1 saturated carbocycles. The number of nitrogens with zero attached hydrogens (tertiary/aromatic N) is 7. The Hall–Kier alpha value is -2.77. The van der Waals surface area contributed by atoms with Crippen LogP contribution >= 0.6 is 0 Å². The maximum absolute atomic E-state index is 7.57. The van der Waals surface area contributed by atoms with Crippen LogP contribution in [0.25, 0.3) is 4.85 Å². The molecule has 0 aromatic carbocycles. The van der Waals surface area contributed by atoms with E-state index in [-0.39, 0.29) is 12.3 Å². The van der Waals surface area contributed by atoms with E-state index in [9.17, 15) is 0 Å². The molecule has 4 rings (SSSR count). The highest BCUT2D eigenvalue weighted by molar-refractivity contribution is 5.67. The van der Waals surface area contributed by atoms with Gasteiger partial charge >= 0.3 is 0 Å². The van der Waals surface area contributed by atoms with Gasteiger partial charge in [0.25, 0.3) is 5.69 Å². The summed E-state index contributed by atoms with van der Waals surface area (Å²) >= 11 is 0. The third-order valence-corrected chi connectivity index (χ3v) is 5.67. The van der Waals surface area contributed by atoms with Crippen LogP contribution < -0.4 is 16.4 Å². The van der Waals surface area contributed by atoms with E-state index in [4.69, 9.17) is 12.3 Å². The smallest absolute Gasteiger partial charge is 0.254 e. The third-order valence-electron chi connectivity index (χ3n) is 5.67. The summed E-state index contributed by atoms with van der Waals surface area (Å²) in [5, 5.41) is 24.7. The summed E-state index contributed by atoms with van der Waals surface area (Å²) in [7, 11) is 0. The molecule has 0 amide bonds. The van der Waals surface area contributed by atoms with Crippen LogP contribution in [0.15, 0.2) is 10.2 Å². The summed E-state index contributed by atoms with van der Waals surface area (Å²) in [6.07, 6.45) is 6.62. The lowest BCUT2D eigenvalue weighted by molar-refractivity contribution is 0.270. The van der Waals surface area contributed by atoms with Crippen molar-refractivity contribution in [1.29, 1.82) is 0 Å². The van der Waals surface area contributed by atoms with Gasteiger partial charge in [-0.15, -0.1) is 10.2 Å². The number of rotatable bonds is 4. The third kappa shape index (κ3) is 3.75. The number of aromatic nitrogens is 4. The minimum atomic E-state index is -0.153. The monoisotopic (exact) mass is 396 g/mol. The Morgan fingerprint density at radius 2 is 1.69 bits per heavy atom. The van der Waals surface area contributed by atoms with E-state index in [1.165, 1.54) is 19.3 Å². The molecule has 0 bridgehead atoms. The molecule has 2 aliphatic rings. The summed E-state index contributed by atoms with van der Waals surface area (Å²) in [5.41, 5.74) is 8.72. The van der Waals surface area contributed by atoms with Crippen molar-refractivity contribution < 1.29 is 0 Å². The van der Waals surface area contributed by atoms with Crippen molar-refractivity contribution >= 4 is 23.0 Å². The van der Waals surface area contributed by atoms with Gasteiger partial charge in [0.05, 0.1) is 24.0 Å². The van der Waals surface area contributed by atoms with Crippen LogP contribution in [0.2, 0.25) is 0 Å². The van der Waals surface area contributed by atoms with Crippen molar-refractivity contribution in [2.75, 3.05) is 18.8 Å². The van der Waals surface area contributed by atoms with Crippen LogP contribution in [-0.2, 0) is 0 Å². The normalized spacial score (nSPS) is 19.1. The van der Waals surface area contributed by atoms with Crippen molar-refractivity contribution in [3.63, 3.8) is 0 Å². The Kier molecular flexibility index (Phi) is 5.60. The molecule has 154 valence electrons. The molecular formula is C19H28N10. The summed E-state index contributed by atoms with van der Waals surface area (Å²) in [5.74, 6) is 0.966. The van der Waals surface area contributed by atoms with Crippen LogP contribution in [0.1, 0.15) is 62.2 Å². The molecule has 0 radical (unpaired) electrons. The minimum Gasteiger partial charge on any atom is -0.382 e. The van der Waals surface area contributed by atoms with E-state index >= 15 is 0 Å². The average molecular weight is 397 g/mol.